The predicted octanol–water partition coefficient (Wildman–Crippen LogP) is 5.51. The number of alkyl halides is 2. The Hall–Kier alpha value is -2.42. The van der Waals surface area contributed by atoms with Crippen LogP contribution in [0.15, 0.2) is 45.5 Å². The highest BCUT2D eigenvalue weighted by molar-refractivity contribution is 9.10. The molecule has 2 heterocycles. The maximum atomic E-state index is 14.1. The molecule has 0 spiro atoms. The summed E-state index contributed by atoms with van der Waals surface area (Å²) >= 11 is 3.05. The van der Waals surface area contributed by atoms with Crippen LogP contribution in [0.2, 0.25) is 0 Å². The number of rotatable bonds is 4. The standard InChI is InChI=1S/C15H7BrF4N2O2/c16-7-4-9(18)15(21-6-7)23-11-3-1-2-8(17)13(11)12-5-10(14(19)20)22-24-12/h1-6,14H. The molecule has 0 saturated carbocycles. The van der Waals surface area contributed by atoms with Crippen molar-refractivity contribution in [2.24, 2.45) is 0 Å². The molecule has 0 amide bonds. The summed E-state index contributed by atoms with van der Waals surface area (Å²) in [5, 5.41) is 3.17. The van der Waals surface area contributed by atoms with Crippen LogP contribution in [0.1, 0.15) is 12.1 Å². The van der Waals surface area contributed by atoms with E-state index in [1.54, 1.807) is 0 Å². The lowest BCUT2D eigenvalue weighted by Crippen LogP contribution is -1.95. The molecule has 0 unspecified atom stereocenters. The van der Waals surface area contributed by atoms with Crippen molar-refractivity contribution in [2.75, 3.05) is 0 Å². The van der Waals surface area contributed by atoms with E-state index in [1.165, 1.54) is 18.3 Å². The van der Waals surface area contributed by atoms with E-state index >= 15 is 0 Å². The number of benzene rings is 1. The highest BCUT2D eigenvalue weighted by atomic mass is 79.9. The molecule has 4 nitrogen and oxygen atoms in total. The zero-order valence-electron chi connectivity index (χ0n) is 11.6. The molecule has 0 bridgehead atoms. The van der Waals surface area contributed by atoms with E-state index in [1.807, 2.05) is 0 Å². The number of pyridine rings is 1. The number of aromatic nitrogens is 2. The van der Waals surface area contributed by atoms with Gasteiger partial charge in [-0.25, -0.2) is 22.5 Å². The first-order valence-corrected chi connectivity index (χ1v) is 7.27. The third-order valence-corrected chi connectivity index (χ3v) is 3.39. The van der Waals surface area contributed by atoms with Crippen LogP contribution >= 0.6 is 15.9 Å². The number of halogens is 5. The van der Waals surface area contributed by atoms with E-state index < -0.39 is 29.6 Å². The van der Waals surface area contributed by atoms with E-state index in [2.05, 4.69) is 26.1 Å². The summed E-state index contributed by atoms with van der Waals surface area (Å²) in [5.41, 5.74) is -0.909. The summed E-state index contributed by atoms with van der Waals surface area (Å²) in [4.78, 5) is 3.74. The summed E-state index contributed by atoms with van der Waals surface area (Å²) in [5.74, 6) is -2.41. The molecular weight excluding hydrogens is 396 g/mol. The van der Waals surface area contributed by atoms with E-state index in [0.29, 0.717) is 4.47 Å². The van der Waals surface area contributed by atoms with Gasteiger partial charge in [0.2, 0.25) is 0 Å². The molecule has 3 aromatic rings. The lowest BCUT2D eigenvalue weighted by molar-refractivity contribution is 0.140. The molecule has 9 heteroatoms. The number of ether oxygens (including phenoxy) is 1. The summed E-state index contributed by atoms with van der Waals surface area (Å²) in [6.07, 6.45) is -1.58. The second-order valence-electron chi connectivity index (χ2n) is 4.57. The Balaban J connectivity index is 2.04. The fraction of sp³-hybridized carbons (Fsp3) is 0.0667. The molecule has 0 saturated heterocycles. The Morgan fingerprint density at radius 3 is 2.58 bits per heavy atom. The molecule has 24 heavy (non-hydrogen) atoms. The smallest absolute Gasteiger partial charge is 0.283 e. The molecule has 0 aliphatic carbocycles. The Morgan fingerprint density at radius 2 is 1.92 bits per heavy atom. The summed E-state index contributed by atoms with van der Waals surface area (Å²) in [6.45, 7) is 0. The zero-order chi connectivity index (χ0) is 17.3. The molecular formula is C15H7BrF4N2O2. The summed E-state index contributed by atoms with van der Waals surface area (Å²) in [7, 11) is 0. The fourth-order valence-corrected chi connectivity index (χ4v) is 2.22. The zero-order valence-corrected chi connectivity index (χ0v) is 13.2. The van der Waals surface area contributed by atoms with Gasteiger partial charge >= 0.3 is 0 Å². The van der Waals surface area contributed by atoms with Crippen LogP contribution in [-0.4, -0.2) is 10.1 Å². The molecule has 124 valence electrons. The van der Waals surface area contributed by atoms with Crippen LogP contribution < -0.4 is 4.74 Å². The van der Waals surface area contributed by atoms with Crippen molar-refractivity contribution in [1.29, 1.82) is 0 Å². The molecule has 3 rings (SSSR count). The van der Waals surface area contributed by atoms with Crippen molar-refractivity contribution in [3.05, 3.63) is 58.3 Å². The van der Waals surface area contributed by atoms with Crippen LogP contribution in [0, 0.1) is 11.6 Å². The third-order valence-electron chi connectivity index (χ3n) is 2.95. The second-order valence-corrected chi connectivity index (χ2v) is 5.49. The van der Waals surface area contributed by atoms with Gasteiger partial charge in [-0.3, -0.25) is 0 Å². The summed E-state index contributed by atoms with van der Waals surface area (Å²) < 4.78 is 63.6. The fourth-order valence-electron chi connectivity index (χ4n) is 1.92. The van der Waals surface area contributed by atoms with Crippen molar-refractivity contribution >= 4 is 15.9 Å². The van der Waals surface area contributed by atoms with E-state index in [-0.39, 0.29) is 17.1 Å². The third kappa shape index (κ3) is 3.25. The first-order chi connectivity index (χ1) is 11.5. The largest absolute Gasteiger partial charge is 0.436 e. The van der Waals surface area contributed by atoms with Gasteiger partial charge in [0, 0.05) is 16.7 Å². The molecule has 0 radical (unpaired) electrons. The first kappa shape index (κ1) is 16.4. The minimum atomic E-state index is -2.87. The Kier molecular flexibility index (Phi) is 4.52. The van der Waals surface area contributed by atoms with Crippen molar-refractivity contribution in [3.8, 4) is 23.0 Å². The molecule has 0 fully saturated rings. The molecule has 0 N–H and O–H groups in total. The van der Waals surface area contributed by atoms with Gasteiger partial charge in [-0.2, -0.15) is 0 Å². The molecule has 0 atom stereocenters. The van der Waals surface area contributed by atoms with Crippen molar-refractivity contribution in [1.82, 2.24) is 10.1 Å². The molecule has 2 aromatic heterocycles. The average Bonchev–Trinajstić information content (AvgIpc) is 3.00. The predicted molar refractivity (Wildman–Crippen MR) is 78.8 cm³/mol. The summed E-state index contributed by atoms with van der Waals surface area (Å²) in [6, 6.07) is 5.73. The number of hydrogen-bond acceptors (Lipinski definition) is 4. The average molecular weight is 403 g/mol. The van der Waals surface area contributed by atoms with Gasteiger partial charge in [-0.15, -0.1) is 0 Å². The number of nitrogens with zero attached hydrogens (tertiary/aromatic N) is 2. The van der Waals surface area contributed by atoms with Crippen molar-refractivity contribution < 1.29 is 26.8 Å². The first-order valence-electron chi connectivity index (χ1n) is 6.48. The van der Waals surface area contributed by atoms with Gasteiger partial charge in [0.05, 0.1) is 5.56 Å². The Labute approximate surface area is 141 Å². The maximum Gasteiger partial charge on any atom is 0.283 e. The van der Waals surface area contributed by atoms with Crippen LogP contribution in [0.3, 0.4) is 0 Å². The van der Waals surface area contributed by atoms with Crippen LogP contribution in [-0.2, 0) is 0 Å². The Morgan fingerprint density at radius 1 is 1.12 bits per heavy atom. The number of hydrogen-bond donors (Lipinski definition) is 0. The normalized spacial score (nSPS) is 11.1. The van der Waals surface area contributed by atoms with E-state index in [9.17, 15) is 17.6 Å². The van der Waals surface area contributed by atoms with Gasteiger partial charge in [-0.05, 0) is 34.1 Å². The monoisotopic (exact) mass is 402 g/mol. The minimum absolute atomic E-state index is 0.152. The quantitative estimate of drug-likeness (QED) is 0.540. The van der Waals surface area contributed by atoms with Crippen LogP contribution in [0.4, 0.5) is 17.6 Å². The topological polar surface area (TPSA) is 48.2 Å². The van der Waals surface area contributed by atoms with Gasteiger partial charge < -0.3 is 9.26 Å². The van der Waals surface area contributed by atoms with Gasteiger partial charge in [0.15, 0.2) is 11.6 Å². The lowest BCUT2D eigenvalue weighted by atomic mass is 10.1. The van der Waals surface area contributed by atoms with Gasteiger partial charge in [0.1, 0.15) is 17.3 Å². The van der Waals surface area contributed by atoms with Gasteiger partial charge in [0.25, 0.3) is 12.3 Å². The second kappa shape index (κ2) is 6.60. The SMILES string of the molecule is Fc1cc(Br)cnc1Oc1cccc(F)c1-c1cc(C(F)F)no1. The highest BCUT2D eigenvalue weighted by Crippen LogP contribution is 2.37. The van der Waals surface area contributed by atoms with Gasteiger partial charge in [-0.1, -0.05) is 11.2 Å². The molecule has 0 aliphatic rings. The van der Waals surface area contributed by atoms with Crippen molar-refractivity contribution in [3.63, 3.8) is 0 Å². The molecule has 0 aliphatic heterocycles. The minimum Gasteiger partial charge on any atom is -0.436 e. The molecule has 1 aromatic carbocycles. The highest BCUT2D eigenvalue weighted by Gasteiger charge is 2.21. The lowest BCUT2D eigenvalue weighted by Gasteiger charge is -2.10. The van der Waals surface area contributed by atoms with Crippen LogP contribution in [0.25, 0.3) is 11.3 Å². The van der Waals surface area contributed by atoms with E-state index in [0.717, 1.165) is 18.2 Å². The van der Waals surface area contributed by atoms with Crippen LogP contribution in [0.5, 0.6) is 11.6 Å². The maximum absolute atomic E-state index is 14.1. The van der Waals surface area contributed by atoms with Crippen molar-refractivity contribution in [2.45, 2.75) is 6.43 Å². The Bertz CT molecular complexity index is 886. The van der Waals surface area contributed by atoms with E-state index in [4.69, 9.17) is 9.26 Å².